The molecule has 1 aromatic carbocycles. The first kappa shape index (κ1) is 24.0. The molecular weight excluding hydrogens is 492 g/mol. The van der Waals surface area contributed by atoms with Gasteiger partial charge in [-0.15, -0.1) is 0 Å². The van der Waals surface area contributed by atoms with Crippen molar-refractivity contribution < 1.29 is 35.9 Å². The topological polar surface area (TPSA) is 81.9 Å². The third-order valence-electron chi connectivity index (χ3n) is 5.98. The summed E-state index contributed by atoms with van der Waals surface area (Å²) in [6.45, 7) is 3.08. The van der Waals surface area contributed by atoms with Crippen molar-refractivity contribution in [1.29, 1.82) is 0 Å². The maximum absolute atomic E-state index is 13.3. The Morgan fingerprint density at radius 2 is 1.78 bits per heavy atom. The number of amides is 1. The minimum Gasteiger partial charge on any atom is -0.373 e. The number of ether oxygens (including phenoxy) is 1. The molecule has 1 amide bonds. The van der Waals surface area contributed by atoms with Gasteiger partial charge in [0.2, 0.25) is 0 Å². The summed E-state index contributed by atoms with van der Waals surface area (Å²) in [6, 6.07) is 3.56. The fourth-order valence-electron chi connectivity index (χ4n) is 4.39. The molecule has 7 nitrogen and oxygen atoms in total. The number of fused-ring (bicyclic) bond motifs is 4. The van der Waals surface area contributed by atoms with Gasteiger partial charge >= 0.3 is 18.4 Å². The van der Waals surface area contributed by atoms with Gasteiger partial charge in [0.05, 0.1) is 47.2 Å². The molecule has 0 radical (unpaired) electrons. The second-order valence-electron chi connectivity index (χ2n) is 8.40. The summed E-state index contributed by atoms with van der Waals surface area (Å²) in [5, 5.41) is 7.76. The van der Waals surface area contributed by atoms with Crippen LogP contribution in [-0.2, 0) is 23.7 Å². The van der Waals surface area contributed by atoms with E-state index in [1.165, 1.54) is 12.1 Å². The van der Waals surface area contributed by atoms with Crippen molar-refractivity contribution in [1.82, 2.24) is 25.1 Å². The van der Waals surface area contributed by atoms with Gasteiger partial charge in [0.15, 0.2) is 0 Å². The van der Waals surface area contributed by atoms with Crippen LogP contribution in [0.4, 0.5) is 31.1 Å². The highest BCUT2D eigenvalue weighted by Gasteiger charge is 2.35. The van der Waals surface area contributed by atoms with E-state index in [4.69, 9.17) is 4.74 Å². The first-order valence-electron chi connectivity index (χ1n) is 10.7. The van der Waals surface area contributed by atoms with Gasteiger partial charge in [-0.3, -0.25) is 4.98 Å². The first-order chi connectivity index (χ1) is 16.8. The Morgan fingerprint density at radius 3 is 2.47 bits per heavy atom. The number of carbonyl (C=O) groups is 1. The van der Waals surface area contributed by atoms with Gasteiger partial charge in [0, 0.05) is 22.0 Å². The highest BCUT2D eigenvalue weighted by Crippen LogP contribution is 2.35. The number of aromatic nitrogens is 4. The molecule has 4 aromatic rings. The molecule has 0 saturated heterocycles. The maximum atomic E-state index is 13.3. The molecule has 4 heterocycles. The lowest BCUT2D eigenvalue weighted by molar-refractivity contribution is -0.141. The Hall–Kier alpha value is -3.74. The molecule has 1 aliphatic heterocycles. The van der Waals surface area contributed by atoms with Crippen molar-refractivity contribution in [2.24, 2.45) is 0 Å². The zero-order valence-electron chi connectivity index (χ0n) is 18.8. The Morgan fingerprint density at radius 1 is 1.03 bits per heavy atom. The van der Waals surface area contributed by atoms with E-state index < -0.39 is 35.7 Å². The van der Waals surface area contributed by atoms with Gasteiger partial charge in [-0.25, -0.2) is 9.78 Å². The summed E-state index contributed by atoms with van der Waals surface area (Å²) in [6.07, 6.45) is -9.20. The van der Waals surface area contributed by atoms with E-state index in [0.29, 0.717) is 22.3 Å². The summed E-state index contributed by atoms with van der Waals surface area (Å²) in [5.41, 5.74) is -0.398. The molecule has 5 rings (SSSR count). The quantitative estimate of drug-likeness (QED) is 0.345. The molecule has 0 fully saturated rings. The molecular formula is C23H17F6N5O2. The van der Waals surface area contributed by atoms with Gasteiger partial charge in [0.25, 0.3) is 0 Å². The molecule has 13 heteroatoms. The number of hydrogen-bond acceptors (Lipinski definition) is 5. The van der Waals surface area contributed by atoms with E-state index in [9.17, 15) is 31.1 Å². The van der Waals surface area contributed by atoms with Crippen molar-refractivity contribution in [2.45, 2.75) is 38.8 Å². The lowest BCUT2D eigenvalue weighted by atomic mass is 10.0. The summed E-state index contributed by atoms with van der Waals surface area (Å²) in [7, 11) is 0. The Labute approximate surface area is 199 Å². The number of nitrogens with one attached hydrogen (secondary N) is 1. The van der Waals surface area contributed by atoms with Crippen LogP contribution in [-0.4, -0.2) is 32.4 Å². The maximum Gasteiger partial charge on any atom is 0.433 e. The molecule has 36 heavy (non-hydrogen) atoms. The molecule has 1 atom stereocenters. The third-order valence-corrected chi connectivity index (χ3v) is 5.98. The second-order valence-corrected chi connectivity index (χ2v) is 8.40. The van der Waals surface area contributed by atoms with Crippen LogP contribution < -0.4 is 5.32 Å². The minimum atomic E-state index is -4.63. The normalized spacial score (nSPS) is 16.4. The zero-order valence-corrected chi connectivity index (χ0v) is 18.8. The third kappa shape index (κ3) is 4.02. The molecule has 0 spiro atoms. The van der Waals surface area contributed by atoms with E-state index in [-0.39, 0.29) is 35.3 Å². The molecule has 1 aliphatic rings. The summed E-state index contributed by atoms with van der Waals surface area (Å²) < 4.78 is 85.2. The second kappa shape index (κ2) is 8.15. The molecule has 188 valence electrons. The molecule has 3 aromatic heterocycles. The van der Waals surface area contributed by atoms with Crippen molar-refractivity contribution in [3.63, 3.8) is 0 Å². The molecule has 0 unspecified atom stereocenters. The van der Waals surface area contributed by atoms with Crippen LogP contribution >= 0.6 is 0 Å². The number of rotatable bonds is 1. The van der Waals surface area contributed by atoms with Crippen LogP contribution in [0.5, 0.6) is 0 Å². The van der Waals surface area contributed by atoms with E-state index in [0.717, 1.165) is 22.9 Å². The summed E-state index contributed by atoms with van der Waals surface area (Å²) in [4.78, 5) is 21.2. The van der Waals surface area contributed by atoms with Crippen molar-refractivity contribution in [3.05, 3.63) is 64.2 Å². The Kier molecular flexibility index (Phi) is 5.43. The monoisotopic (exact) mass is 509 g/mol. The number of aryl methyl sites for hydroxylation is 2. The summed E-state index contributed by atoms with van der Waals surface area (Å²) in [5.74, 6) is 0. The molecule has 0 bridgehead atoms. The predicted molar refractivity (Wildman–Crippen MR) is 115 cm³/mol. The summed E-state index contributed by atoms with van der Waals surface area (Å²) >= 11 is 0. The number of nitrogens with zero attached hydrogens (tertiary/aromatic N) is 4. The number of pyridine rings is 2. The Balaban J connectivity index is 1.56. The van der Waals surface area contributed by atoms with Gasteiger partial charge in [-0.2, -0.15) is 36.1 Å². The number of carbonyl (C=O) groups excluding carboxylic acids is 1. The highest BCUT2D eigenvalue weighted by molar-refractivity contribution is 6.09. The van der Waals surface area contributed by atoms with E-state index >= 15 is 0 Å². The minimum absolute atomic E-state index is 0.0136. The van der Waals surface area contributed by atoms with Crippen LogP contribution in [0.15, 0.2) is 30.3 Å². The lowest BCUT2D eigenvalue weighted by Gasteiger charge is -2.26. The van der Waals surface area contributed by atoms with Crippen LogP contribution in [0.1, 0.15) is 39.9 Å². The lowest BCUT2D eigenvalue weighted by Crippen LogP contribution is -2.37. The van der Waals surface area contributed by atoms with Crippen LogP contribution in [0.3, 0.4) is 0 Å². The average molecular weight is 509 g/mol. The Bertz CT molecular complexity index is 1530. The molecule has 0 saturated carbocycles. The fraction of sp³-hybridized carbons (Fsp3) is 0.304. The smallest absolute Gasteiger partial charge is 0.373 e. The van der Waals surface area contributed by atoms with Crippen LogP contribution in [0.2, 0.25) is 0 Å². The van der Waals surface area contributed by atoms with Crippen LogP contribution in [0.25, 0.3) is 21.8 Å². The van der Waals surface area contributed by atoms with Crippen molar-refractivity contribution >= 4 is 27.8 Å². The average Bonchev–Trinajstić information content (AvgIpc) is 3.15. The van der Waals surface area contributed by atoms with E-state index in [1.54, 1.807) is 13.8 Å². The number of benzene rings is 1. The fourth-order valence-corrected chi connectivity index (χ4v) is 4.39. The van der Waals surface area contributed by atoms with Crippen LogP contribution in [0, 0.1) is 13.8 Å². The van der Waals surface area contributed by atoms with Gasteiger partial charge in [0.1, 0.15) is 5.69 Å². The van der Waals surface area contributed by atoms with E-state index in [2.05, 4.69) is 20.4 Å². The van der Waals surface area contributed by atoms with Gasteiger partial charge in [-0.05, 0) is 32.0 Å². The largest absolute Gasteiger partial charge is 0.433 e. The van der Waals surface area contributed by atoms with Crippen molar-refractivity contribution in [2.75, 3.05) is 6.61 Å². The van der Waals surface area contributed by atoms with Gasteiger partial charge < -0.3 is 10.1 Å². The molecule has 1 N–H and O–H groups in total. The first-order valence-corrected chi connectivity index (χ1v) is 10.7. The zero-order chi connectivity index (χ0) is 26.0. The standard InChI is InChI=1S/C23H17F6N5O2/c1-10-19-11(2)33-34(20(19)14-4-3-12(22(24,25)26)7-15(14)30-10)21(35)32-17-9-36-8-16-13(17)5-6-18(31-16)23(27,28)29/h3-7,17H,8-9H2,1-2H3,(H,32,35)/t17-/m1/s1. The number of halogens is 6. The van der Waals surface area contributed by atoms with Gasteiger partial charge in [-0.1, -0.05) is 12.1 Å². The number of hydrogen-bond donors (Lipinski definition) is 1. The highest BCUT2D eigenvalue weighted by atomic mass is 19.4. The van der Waals surface area contributed by atoms with E-state index in [1.807, 2.05) is 0 Å². The number of alkyl halides is 6. The predicted octanol–water partition coefficient (Wildman–Crippen LogP) is 5.46. The SMILES string of the molecule is Cc1nc2cc(C(F)(F)F)ccc2c2c1c(C)nn2C(=O)N[C@@H]1COCc2nc(C(F)(F)F)ccc21. The van der Waals surface area contributed by atoms with Crippen molar-refractivity contribution in [3.8, 4) is 0 Å². The molecule has 0 aliphatic carbocycles.